The van der Waals surface area contributed by atoms with Crippen LogP contribution in [0.1, 0.15) is 26.7 Å². The van der Waals surface area contributed by atoms with E-state index in [1.807, 2.05) is 43.0 Å². The summed E-state index contributed by atoms with van der Waals surface area (Å²) in [4.78, 5) is 43.6. The summed E-state index contributed by atoms with van der Waals surface area (Å²) in [5, 5.41) is 5.53. The highest BCUT2D eigenvalue weighted by Crippen LogP contribution is 2.15. The third kappa shape index (κ3) is 5.56. The number of fused-ring (bicyclic) bond motifs is 1. The van der Waals surface area contributed by atoms with Crippen LogP contribution in [0.25, 0.3) is 11.0 Å². The number of aromatic nitrogens is 2. The van der Waals surface area contributed by atoms with E-state index in [1.54, 1.807) is 4.57 Å². The van der Waals surface area contributed by atoms with Crippen molar-refractivity contribution in [2.24, 2.45) is 0 Å². The summed E-state index contributed by atoms with van der Waals surface area (Å²) in [6.07, 6.45) is 0.367. The highest BCUT2D eigenvalue weighted by Gasteiger charge is 2.19. The van der Waals surface area contributed by atoms with Crippen LogP contribution >= 0.6 is 0 Å². The molecule has 0 spiro atoms. The summed E-state index contributed by atoms with van der Waals surface area (Å²) in [7, 11) is 0. The molecular formula is C21H29N5O4. The molecule has 2 amide bonds. The fourth-order valence-electron chi connectivity index (χ4n) is 3.39. The van der Waals surface area contributed by atoms with E-state index in [-0.39, 0.29) is 49.3 Å². The minimum absolute atomic E-state index is 0.0701. The zero-order valence-corrected chi connectivity index (χ0v) is 17.5. The first kappa shape index (κ1) is 21.8. The van der Waals surface area contributed by atoms with Crippen LogP contribution in [0.5, 0.6) is 0 Å². The summed E-state index contributed by atoms with van der Waals surface area (Å²) in [5.41, 5.74) is 1.20. The normalized spacial score (nSPS) is 14.2. The highest BCUT2D eigenvalue weighted by atomic mass is 16.5. The molecule has 0 aliphatic carbocycles. The van der Waals surface area contributed by atoms with Crippen molar-refractivity contribution in [3.8, 4) is 0 Å². The number of carbonyl (C=O) groups is 2. The molecular weight excluding hydrogens is 386 g/mol. The molecule has 9 nitrogen and oxygen atoms in total. The summed E-state index contributed by atoms with van der Waals surface area (Å²) in [5.74, 6) is 0.0904. The van der Waals surface area contributed by atoms with Gasteiger partial charge in [-0.15, -0.1) is 0 Å². The molecule has 0 saturated carbocycles. The lowest BCUT2D eigenvalue weighted by molar-refractivity contribution is -0.122. The molecule has 2 heterocycles. The Bertz CT molecular complexity index is 950. The lowest BCUT2D eigenvalue weighted by Gasteiger charge is -2.28. The minimum atomic E-state index is -0.209. The van der Waals surface area contributed by atoms with Crippen LogP contribution in [-0.2, 0) is 20.9 Å². The predicted octanol–water partition coefficient (Wildman–Crippen LogP) is 0.654. The van der Waals surface area contributed by atoms with Gasteiger partial charge in [0, 0.05) is 45.1 Å². The molecule has 0 radical (unpaired) electrons. The monoisotopic (exact) mass is 415 g/mol. The number of anilines is 1. The number of rotatable bonds is 8. The SMILES string of the molecule is CC(C)NC(=O)CCNC(=O)CCn1c(=O)c(N2CCOCC2)nc2ccccc21. The second-order valence-corrected chi connectivity index (χ2v) is 7.55. The topological polar surface area (TPSA) is 106 Å². The van der Waals surface area contributed by atoms with Gasteiger partial charge < -0.3 is 24.8 Å². The molecule has 0 atom stereocenters. The van der Waals surface area contributed by atoms with Crippen LogP contribution < -0.4 is 21.1 Å². The van der Waals surface area contributed by atoms with Gasteiger partial charge in [-0.25, -0.2) is 4.98 Å². The van der Waals surface area contributed by atoms with Crippen molar-refractivity contribution in [1.29, 1.82) is 0 Å². The van der Waals surface area contributed by atoms with E-state index in [0.29, 0.717) is 43.2 Å². The molecule has 1 aromatic carbocycles. The van der Waals surface area contributed by atoms with Crippen LogP contribution in [0.15, 0.2) is 29.1 Å². The first-order valence-corrected chi connectivity index (χ1v) is 10.3. The first-order chi connectivity index (χ1) is 14.5. The summed E-state index contributed by atoms with van der Waals surface area (Å²) < 4.78 is 6.98. The molecule has 162 valence electrons. The Labute approximate surface area is 175 Å². The van der Waals surface area contributed by atoms with Crippen molar-refractivity contribution >= 4 is 28.7 Å². The van der Waals surface area contributed by atoms with Gasteiger partial charge in [0.25, 0.3) is 5.56 Å². The van der Waals surface area contributed by atoms with E-state index in [9.17, 15) is 14.4 Å². The van der Waals surface area contributed by atoms with Gasteiger partial charge in [-0.1, -0.05) is 12.1 Å². The molecule has 1 saturated heterocycles. The lowest BCUT2D eigenvalue weighted by Crippen LogP contribution is -2.41. The average molecular weight is 415 g/mol. The Morgan fingerprint density at radius 3 is 2.60 bits per heavy atom. The number of hydrogen-bond donors (Lipinski definition) is 2. The van der Waals surface area contributed by atoms with E-state index in [0.717, 1.165) is 0 Å². The van der Waals surface area contributed by atoms with Crippen molar-refractivity contribution in [2.45, 2.75) is 39.3 Å². The van der Waals surface area contributed by atoms with Gasteiger partial charge in [0.1, 0.15) is 0 Å². The predicted molar refractivity (Wildman–Crippen MR) is 115 cm³/mol. The first-order valence-electron chi connectivity index (χ1n) is 10.3. The fraction of sp³-hybridized carbons (Fsp3) is 0.524. The Morgan fingerprint density at radius 1 is 1.13 bits per heavy atom. The molecule has 1 aliphatic heterocycles. The number of nitrogens with zero attached hydrogens (tertiary/aromatic N) is 3. The van der Waals surface area contributed by atoms with Gasteiger partial charge in [0.2, 0.25) is 11.8 Å². The van der Waals surface area contributed by atoms with Gasteiger partial charge in [-0.3, -0.25) is 14.4 Å². The van der Waals surface area contributed by atoms with E-state index < -0.39 is 0 Å². The Hall–Kier alpha value is -2.94. The average Bonchev–Trinajstić information content (AvgIpc) is 2.73. The maximum absolute atomic E-state index is 13.1. The van der Waals surface area contributed by atoms with Crippen LogP contribution in [0.2, 0.25) is 0 Å². The van der Waals surface area contributed by atoms with Crippen molar-refractivity contribution in [3.63, 3.8) is 0 Å². The van der Waals surface area contributed by atoms with E-state index in [1.165, 1.54) is 0 Å². The lowest BCUT2D eigenvalue weighted by atomic mass is 10.2. The second kappa shape index (κ2) is 10.2. The quantitative estimate of drug-likeness (QED) is 0.656. The largest absolute Gasteiger partial charge is 0.378 e. The maximum atomic E-state index is 13.1. The van der Waals surface area contributed by atoms with E-state index in [4.69, 9.17) is 4.74 Å². The Kier molecular flexibility index (Phi) is 7.40. The summed E-state index contributed by atoms with van der Waals surface area (Å²) in [6.45, 7) is 6.61. The standard InChI is InChI=1S/C21H29N5O4/c1-15(2)23-19(28)7-9-22-18(27)8-10-26-17-6-4-3-5-16(17)24-20(21(26)29)25-11-13-30-14-12-25/h3-6,15H,7-14H2,1-2H3,(H,22,27)(H,23,28). The van der Waals surface area contributed by atoms with Gasteiger partial charge >= 0.3 is 0 Å². The fourth-order valence-corrected chi connectivity index (χ4v) is 3.39. The van der Waals surface area contributed by atoms with Gasteiger partial charge in [-0.2, -0.15) is 0 Å². The molecule has 1 fully saturated rings. The van der Waals surface area contributed by atoms with Crippen LogP contribution in [0, 0.1) is 0 Å². The number of carbonyl (C=O) groups excluding carboxylic acids is 2. The highest BCUT2D eigenvalue weighted by molar-refractivity contribution is 5.80. The van der Waals surface area contributed by atoms with E-state index >= 15 is 0 Å². The van der Waals surface area contributed by atoms with Crippen LogP contribution in [0.3, 0.4) is 0 Å². The number of aryl methyl sites for hydroxylation is 1. The third-order valence-corrected chi connectivity index (χ3v) is 4.83. The molecule has 2 N–H and O–H groups in total. The number of morpholine rings is 1. The molecule has 3 rings (SSSR count). The number of hydrogen-bond acceptors (Lipinski definition) is 6. The Morgan fingerprint density at radius 2 is 1.87 bits per heavy atom. The van der Waals surface area contributed by atoms with E-state index in [2.05, 4.69) is 15.6 Å². The van der Waals surface area contributed by atoms with Gasteiger partial charge in [0.15, 0.2) is 5.82 Å². The molecule has 1 aromatic heterocycles. The third-order valence-electron chi connectivity index (χ3n) is 4.83. The molecule has 0 unspecified atom stereocenters. The number of ether oxygens (including phenoxy) is 1. The van der Waals surface area contributed by atoms with Crippen molar-refractivity contribution in [1.82, 2.24) is 20.2 Å². The zero-order valence-electron chi connectivity index (χ0n) is 17.5. The maximum Gasteiger partial charge on any atom is 0.294 e. The second-order valence-electron chi connectivity index (χ2n) is 7.55. The number of amides is 2. The molecule has 30 heavy (non-hydrogen) atoms. The molecule has 9 heteroatoms. The molecule has 1 aliphatic rings. The van der Waals surface area contributed by atoms with Gasteiger partial charge in [0.05, 0.1) is 24.2 Å². The molecule has 0 bridgehead atoms. The van der Waals surface area contributed by atoms with Crippen LogP contribution in [0.4, 0.5) is 5.82 Å². The van der Waals surface area contributed by atoms with Gasteiger partial charge in [-0.05, 0) is 26.0 Å². The summed E-state index contributed by atoms with van der Waals surface area (Å²) >= 11 is 0. The smallest absolute Gasteiger partial charge is 0.294 e. The summed E-state index contributed by atoms with van der Waals surface area (Å²) in [6, 6.07) is 7.49. The van der Waals surface area contributed by atoms with Crippen LogP contribution in [-0.4, -0.2) is 60.3 Å². The van der Waals surface area contributed by atoms with Crippen molar-refractivity contribution < 1.29 is 14.3 Å². The number of para-hydroxylation sites is 2. The Balaban J connectivity index is 1.69. The minimum Gasteiger partial charge on any atom is -0.378 e. The van der Waals surface area contributed by atoms with Crippen molar-refractivity contribution in [3.05, 3.63) is 34.6 Å². The zero-order chi connectivity index (χ0) is 21.5. The number of nitrogens with one attached hydrogen (secondary N) is 2. The molecule has 2 aromatic rings. The number of benzene rings is 1. The van der Waals surface area contributed by atoms with Crippen molar-refractivity contribution in [2.75, 3.05) is 37.7 Å².